The van der Waals surface area contributed by atoms with Crippen LogP contribution in [0.4, 0.5) is 10.2 Å². The molecule has 2 amide bonds. The van der Waals surface area contributed by atoms with Crippen LogP contribution in [0, 0.1) is 5.82 Å². The molecule has 9 heteroatoms. The highest BCUT2D eigenvalue weighted by Gasteiger charge is 2.32. The van der Waals surface area contributed by atoms with Crippen LogP contribution in [0.2, 0.25) is 0 Å². The second kappa shape index (κ2) is 6.11. The molecule has 0 aliphatic carbocycles. The number of imide groups is 1. The predicted molar refractivity (Wildman–Crippen MR) is 85.0 cm³/mol. The average molecular weight is 347 g/mol. The number of fused-ring (bicyclic) bond motifs is 1. The Morgan fingerprint density at radius 3 is 2.40 bits per heavy atom. The number of nitrogens with zero attached hydrogens (tertiary/aromatic N) is 1. The number of aromatic nitrogens is 1. The van der Waals surface area contributed by atoms with Gasteiger partial charge in [-0.25, -0.2) is 4.39 Å². The van der Waals surface area contributed by atoms with Gasteiger partial charge in [0.1, 0.15) is 11.6 Å². The minimum absolute atomic E-state index is 0.0975. The fourth-order valence-electron chi connectivity index (χ4n) is 2.74. The van der Waals surface area contributed by atoms with Crippen molar-refractivity contribution in [1.82, 2.24) is 9.88 Å². The molecule has 1 aliphatic heterocycles. The highest BCUT2D eigenvalue weighted by atomic mass is 19.1. The van der Waals surface area contributed by atoms with Gasteiger partial charge in [0, 0.05) is 25.8 Å². The Balaban J connectivity index is 2.17. The number of rotatable bonds is 4. The van der Waals surface area contributed by atoms with Gasteiger partial charge in [0.2, 0.25) is 0 Å². The Labute approximate surface area is 141 Å². The molecule has 25 heavy (non-hydrogen) atoms. The molecule has 0 radical (unpaired) electrons. The van der Waals surface area contributed by atoms with E-state index < -0.39 is 29.5 Å². The van der Waals surface area contributed by atoms with Gasteiger partial charge in [-0.3, -0.25) is 24.3 Å². The minimum Gasteiger partial charge on any atom is -0.384 e. The van der Waals surface area contributed by atoms with Crippen molar-refractivity contribution in [2.75, 3.05) is 20.0 Å². The maximum absolute atomic E-state index is 14.4. The first-order valence-electron chi connectivity index (χ1n) is 7.15. The summed E-state index contributed by atoms with van der Waals surface area (Å²) in [5, 5.41) is 2.06. The minimum atomic E-state index is -0.911. The number of nitrogen functional groups attached to an aromatic ring is 1. The van der Waals surface area contributed by atoms with Crippen LogP contribution >= 0.6 is 0 Å². The van der Waals surface area contributed by atoms with E-state index >= 15 is 0 Å². The van der Waals surface area contributed by atoms with E-state index in [1.807, 2.05) is 0 Å². The first-order valence-corrected chi connectivity index (χ1v) is 7.15. The van der Waals surface area contributed by atoms with Gasteiger partial charge in [0.15, 0.2) is 6.29 Å². The highest BCUT2D eigenvalue weighted by Crippen LogP contribution is 2.26. The van der Waals surface area contributed by atoms with Crippen molar-refractivity contribution >= 4 is 17.6 Å². The first-order chi connectivity index (χ1) is 11.9. The van der Waals surface area contributed by atoms with Crippen molar-refractivity contribution in [3.8, 4) is 5.69 Å². The van der Waals surface area contributed by atoms with E-state index in [0.29, 0.717) is 0 Å². The fraction of sp³-hybridized carbons (Fsp3) is 0.188. The van der Waals surface area contributed by atoms with E-state index in [0.717, 1.165) is 16.7 Å². The van der Waals surface area contributed by atoms with E-state index in [-0.39, 0.29) is 28.2 Å². The molecule has 0 bridgehead atoms. The lowest BCUT2D eigenvalue weighted by molar-refractivity contribution is -0.107. The highest BCUT2D eigenvalue weighted by molar-refractivity contribution is 6.23. The Bertz CT molecular complexity index is 950. The standard InChI is InChI=1S/C16H14FN3O5/c1-24-16(25-2)8-4-3-7(5-10(8)17)20-11(21)6-9-12(13(20)18)15(23)19-14(9)22/h3-6,16H,18H2,1-2H3,(H,19,22,23). The summed E-state index contributed by atoms with van der Waals surface area (Å²) in [6.07, 6.45) is -0.911. The van der Waals surface area contributed by atoms with Gasteiger partial charge in [0.05, 0.1) is 16.8 Å². The summed E-state index contributed by atoms with van der Waals surface area (Å²) in [7, 11) is 2.72. The van der Waals surface area contributed by atoms with Crippen LogP contribution in [0.1, 0.15) is 32.6 Å². The summed E-state index contributed by atoms with van der Waals surface area (Å²) in [6, 6.07) is 4.87. The van der Waals surface area contributed by atoms with Crippen LogP contribution in [0.25, 0.3) is 5.69 Å². The average Bonchev–Trinajstić information content (AvgIpc) is 2.84. The predicted octanol–water partition coefficient (Wildman–Crippen LogP) is 0.734. The van der Waals surface area contributed by atoms with Crippen molar-refractivity contribution in [2.24, 2.45) is 0 Å². The molecule has 1 aromatic heterocycles. The monoisotopic (exact) mass is 347 g/mol. The number of carbonyl (C=O) groups excluding carboxylic acids is 2. The summed E-state index contributed by atoms with van der Waals surface area (Å²) in [6.45, 7) is 0. The van der Waals surface area contributed by atoms with Crippen LogP contribution in [-0.2, 0) is 9.47 Å². The third-order valence-corrected chi connectivity index (χ3v) is 3.88. The van der Waals surface area contributed by atoms with Crippen molar-refractivity contribution < 1.29 is 23.5 Å². The number of benzene rings is 1. The third-order valence-electron chi connectivity index (χ3n) is 3.88. The molecule has 0 unspecified atom stereocenters. The molecule has 3 N–H and O–H groups in total. The molecule has 2 heterocycles. The molecule has 0 saturated heterocycles. The Morgan fingerprint density at radius 2 is 1.80 bits per heavy atom. The van der Waals surface area contributed by atoms with Crippen LogP contribution in [0.15, 0.2) is 29.1 Å². The smallest absolute Gasteiger partial charge is 0.262 e. The van der Waals surface area contributed by atoms with Gasteiger partial charge < -0.3 is 15.2 Å². The van der Waals surface area contributed by atoms with E-state index in [1.165, 1.54) is 26.4 Å². The van der Waals surface area contributed by atoms with Crippen molar-refractivity contribution in [3.63, 3.8) is 0 Å². The van der Waals surface area contributed by atoms with Gasteiger partial charge in [-0.2, -0.15) is 0 Å². The Morgan fingerprint density at radius 1 is 1.12 bits per heavy atom. The number of anilines is 1. The number of nitrogens with two attached hydrogens (primary N) is 1. The molecule has 2 aromatic rings. The second-order valence-electron chi connectivity index (χ2n) is 5.28. The topological polar surface area (TPSA) is 113 Å². The lowest BCUT2D eigenvalue weighted by Gasteiger charge is -2.16. The number of pyridine rings is 1. The summed E-state index contributed by atoms with van der Waals surface area (Å²) >= 11 is 0. The number of methoxy groups -OCH3 is 2. The number of halogens is 1. The van der Waals surface area contributed by atoms with Crippen molar-refractivity contribution in [3.05, 3.63) is 57.1 Å². The van der Waals surface area contributed by atoms with Crippen LogP contribution in [-0.4, -0.2) is 30.6 Å². The lowest BCUT2D eigenvalue weighted by atomic mass is 10.1. The molecule has 1 aromatic carbocycles. The zero-order chi connectivity index (χ0) is 18.3. The largest absolute Gasteiger partial charge is 0.384 e. The van der Waals surface area contributed by atoms with Gasteiger partial charge in [-0.15, -0.1) is 0 Å². The summed E-state index contributed by atoms with van der Waals surface area (Å²) < 4.78 is 25.3. The van der Waals surface area contributed by atoms with E-state index in [1.54, 1.807) is 0 Å². The first kappa shape index (κ1) is 16.8. The number of ether oxygens (including phenoxy) is 2. The number of carbonyl (C=O) groups is 2. The Hall–Kier alpha value is -3.04. The molecule has 0 saturated carbocycles. The molecule has 130 valence electrons. The fourth-order valence-corrected chi connectivity index (χ4v) is 2.74. The number of hydrogen-bond acceptors (Lipinski definition) is 6. The van der Waals surface area contributed by atoms with Crippen LogP contribution in [0.3, 0.4) is 0 Å². The maximum atomic E-state index is 14.4. The molecule has 3 rings (SSSR count). The molecule has 8 nitrogen and oxygen atoms in total. The molecule has 0 spiro atoms. The number of nitrogens with one attached hydrogen (secondary N) is 1. The molecule has 1 aliphatic rings. The summed E-state index contributed by atoms with van der Waals surface area (Å²) in [5.74, 6) is -2.32. The third kappa shape index (κ3) is 2.59. The zero-order valence-electron chi connectivity index (χ0n) is 13.3. The van der Waals surface area contributed by atoms with E-state index in [9.17, 15) is 18.8 Å². The Kier molecular flexibility index (Phi) is 4.11. The van der Waals surface area contributed by atoms with E-state index in [4.69, 9.17) is 15.2 Å². The second-order valence-corrected chi connectivity index (χ2v) is 5.28. The van der Waals surface area contributed by atoms with Crippen molar-refractivity contribution in [2.45, 2.75) is 6.29 Å². The zero-order valence-corrected chi connectivity index (χ0v) is 13.3. The van der Waals surface area contributed by atoms with Gasteiger partial charge in [0.25, 0.3) is 17.4 Å². The van der Waals surface area contributed by atoms with E-state index in [2.05, 4.69) is 5.32 Å². The van der Waals surface area contributed by atoms with Crippen LogP contribution < -0.4 is 16.6 Å². The normalized spacial score (nSPS) is 13.3. The van der Waals surface area contributed by atoms with Gasteiger partial charge in [-0.05, 0) is 18.2 Å². The van der Waals surface area contributed by atoms with Crippen LogP contribution in [0.5, 0.6) is 0 Å². The maximum Gasteiger partial charge on any atom is 0.262 e. The quantitative estimate of drug-likeness (QED) is 0.623. The molecule has 0 atom stereocenters. The number of amides is 2. The molecular formula is C16H14FN3O5. The van der Waals surface area contributed by atoms with Crippen molar-refractivity contribution in [1.29, 1.82) is 0 Å². The summed E-state index contributed by atoms with van der Waals surface area (Å²) in [5.41, 5.74) is 5.26. The van der Waals surface area contributed by atoms with Gasteiger partial charge >= 0.3 is 0 Å². The molecular weight excluding hydrogens is 333 g/mol. The SMILES string of the molecule is COC(OC)c1ccc(-n2c(N)c3c(cc2=O)C(=O)NC3=O)cc1F. The molecule has 0 fully saturated rings. The van der Waals surface area contributed by atoms with Gasteiger partial charge in [-0.1, -0.05) is 0 Å². The lowest BCUT2D eigenvalue weighted by Crippen LogP contribution is -2.24. The summed E-state index contributed by atoms with van der Waals surface area (Å²) in [4.78, 5) is 35.8. The number of hydrogen-bond donors (Lipinski definition) is 2.